The smallest absolute Gasteiger partial charge is 0.123 e. The molecule has 0 heterocycles. The van der Waals surface area contributed by atoms with E-state index in [-0.39, 0.29) is 5.82 Å². The molecule has 3 nitrogen and oxygen atoms in total. The molecule has 5 heteroatoms. The second-order valence-electron chi connectivity index (χ2n) is 4.29. The third kappa shape index (κ3) is 3.11. The molecule has 0 amide bonds. The Kier molecular flexibility index (Phi) is 4.62. The van der Waals surface area contributed by atoms with Crippen molar-refractivity contribution >= 4 is 15.9 Å². The standard InChI is InChI=1S/C15H15BrFNO2/c1-19-11-5-9(6-12(8-11)20-2)15(18)13-7-10(17)3-4-14(13)16/h3-8,15H,18H2,1-2H3. The minimum atomic E-state index is -0.482. The van der Waals surface area contributed by atoms with Crippen LogP contribution in [0.5, 0.6) is 11.5 Å². The Morgan fingerprint density at radius 2 is 1.65 bits per heavy atom. The van der Waals surface area contributed by atoms with E-state index in [0.717, 1.165) is 10.0 Å². The highest BCUT2D eigenvalue weighted by molar-refractivity contribution is 9.10. The highest BCUT2D eigenvalue weighted by Gasteiger charge is 2.15. The van der Waals surface area contributed by atoms with Gasteiger partial charge >= 0.3 is 0 Å². The first kappa shape index (κ1) is 14.8. The lowest BCUT2D eigenvalue weighted by atomic mass is 9.99. The van der Waals surface area contributed by atoms with Crippen LogP contribution in [-0.4, -0.2) is 14.2 Å². The van der Waals surface area contributed by atoms with E-state index in [0.29, 0.717) is 17.1 Å². The molecule has 2 aromatic carbocycles. The van der Waals surface area contributed by atoms with E-state index in [1.54, 1.807) is 26.4 Å². The molecule has 20 heavy (non-hydrogen) atoms. The summed E-state index contributed by atoms with van der Waals surface area (Å²) < 4.78 is 24.6. The Morgan fingerprint density at radius 1 is 1.05 bits per heavy atom. The van der Waals surface area contributed by atoms with Crippen molar-refractivity contribution in [1.29, 1.82) is 0 Å². The van der Waals surface area contributed by atoms with E-state index in [2.05, 4.69) is 15.9 Å². The predicted molar refractivity (Wildman–Crippen MR) is 79.7 cm³/mol. The van der Waals surface area contributed by atoms with Crippen molar-refractivity contribution in [3.63, 3.8) is 0 Å². The number of methoxy groups -OCH3 is 2. The monoisotopic (exact) mass is 339 g/mol. The maximum atomic E-state index is 13.4. The van der Waals surface area contributed by atoms with E-state index >= 15 is 0 Å². The Hall–Kier alpha value is -1.59. The molecule has 0 aromatic heterocycles. The van der Waals surface area contributed by atoms with E-state index < -0.39 is 6.04 Å². The van der Waals surface area contributed by atoms with Crippen LogP contribution in [0.25, 0.3) is 0 Å². The number of halogens is 2. The SMILES string of the molecule is COc1cc(OC)cc(C(N)c2cc(F)ccc2Br)c1. The molecule has 0 spiro atoms. The van der Waals surface area contributed by atoms with Gasteiger partial charge in [0.15, 0.2) is 0 Å². The average Bonchev–Trinajstić information content (AvgIpc) is 2.48. The first-order valence-corrected chi connectivity index (χ1v) is 6.78. The van der Waals surface area contributed by atoms with Crippen molar-refractivity contribution < 1.29 is 13.9 Å². The zero-order chi connectivity index (χ0) is 14.7. The average molecular weight is 340 g/mol. The summed E-state index contributed by atoms with van der Waals surface area (Å²) in [6, 6.07) is 9.34. The van der Waals surface area contributed by atoms with E-state index in [4.69, 9.17) is 15.2 Å². The van der Waals surface area contributed by atoms with Crippen molar-refractivity contribution in [3.05, 3.63) is 57.8 Å². The van der Waals surface area contributed by atoms with Crippen molar-refractivity contribution in [1.82, 2.24) is 0 Å². The van der Waals surface area contributed by atoms with Gasteiger partial charge in [-0.15, -0.1) is 0 Å². The van der Waals surface area contributed by atoms with Gasteiger partial charge in [-0.1, -0.05) is 15.9 Å². The van der Waals surface area contributed by atoms with E-state index in [1.165, 1.54) is 12.1 Å². The number of hydrogen-bond donors (Lipinski definition) is 1. The minimum absolute atomic E-state index is 0.325. The minimum Gasteiger partial charge on any atom is -0.497 e. The summed E-state index contributed by atoms with van der Waals surface area (Å²) in [7, 11) is 3.14. The van der Waals surface area contributed by atoms with Gasteiger partial charge in [0, 0.05) is 10.5 Å². The zero-order valence-electron chi connectivity index (χ0n) is 11.2. The predicted octanol–water partition coefficient (Wildman–Crippen LogP) is 3.65. The molecule has 106 valence electrons. The molecule has 0 fully saturated rings. The van der Waals surface area contributed by atoms with Crippen LogP contribution in [0.1, 0.15) is 17.2 Å². The number of benzene rings is 2. The highest BCUT2D eigenvalue weighted by Crippen LogP contribution is 2.32. The van der Waals surface area contributed by atoms with Crippen LogP contribution >= 0.6 is 15.9 Å². The molecule has 0 aliphatic carbocycles. The Labute approximate surface area is 125 Å². The molecule has 0 saturated carbocycles. The first-order valence-electron chi connectivity index (χ1n) is 5.98. The molecule has 1 unspecified atom stereocenters. The summed E-state index contributed by atoms with van der Waals surface area (Å²) in [6.07, 6.45) is 0. The summed E-state index contributed by atoms with van der Waals surface area (Å²) in [5.74, 6) is 0.957. The van der Waals surface area contributed by atoms with E-state index in [9.17, 15) is 4.39 Å². The maximum absolute atomic E-state index is 13.4. The zero-order valence-corrected chi connectivity index (χ0v) is 12.8. The first-order chi connectivity index (χ1) is 9.55. The van der Waals surface area contributed by atoms with Crippen LogP contribution in [0.15, 0.2) is 40.9 Å². The van der Waals surface area contributed by atoms with Crippen LogP contribution in [-0.2, 0) is 0 Å². The summed E-state index contributed by atoms with van der Waals surface area (Å²) in [4.78, 5) is 0. The number of hydrogen-bond acceptors (Lipinski definition) is 3. The van der Waals surface area contributed by atoms with Gasteiger partial charge in [-0.3, -0.25) is 0 Å². The van der Waals surface area contributed by atoms with Gasteiger partial charge in [-0.2, -0.15) is 0 Å². The van der Waals surface area contributed by atoms with Crippen molar-refractivity contribution in [2.75, 3.05) is 14.2 Å². The molecule has 0 aliphatic rings. The van der Waals surface area contributed by atoms with Gasteiger partial charge in [0.2, 0.25) is 0 Å². The molecule has 2 N–H and O–H groups in total. The van der Waals surface area contributed by atoms with Crippen LogP contribution in [0.4, 0.5) is 4.39 Å². The van der Waals surface area contributed by atoms with Crippen molar-refractivity contribution in [2.45, 2.75) is 6.04 Å². The second-order valence-corrected chi connectivity index (χ2v) is 5.14. The summed E-state index contributed by atoms with van der Waals surface area (Å²) in [6.45, 7) is 0. The summed E-state index contributed by atoms with van der Waals surface area (Å²) in [5, 5.41) is 0. The fourth-order valence-corrected chi connectivity index (χ4v) is 2.43. The fraction of sp³-hybridized carbons (Fsp3) is 0.200. The third-order valence-electron chi connectivity index (χ3n) is 3.03. The van der Waals surface area contributed by atoms with Gasteiger partial charge in [0.05, 0.1) is 20.3 Å². The quantitative estimate of drug-likeness (QED) is 0.924. The highest BCUT2D eigenvalue weighted by atomic mass is 79.9. The molecule has 0 radical (unpaired) electrons. The summed E-state index contributed by atoms with van der Waals surface area (Å²) >= 11 is 3.39. The lowest BCUT2D eigenvalue weighted by molar-refractivity contribution is 0.393. The molecule has 2 aromatic rings. The number of rotatable bonds is 4. The van der Waals surface area contributed by atoms with Crippen LogP contribution in [0.3, 0.4) is 0 Å². The van der Waals surface area contributed by atoms with Gasteiger partial charge in [-0.05, 0) is 41.5 Å². The lowest BCUT2D eigenvalue weighted by Crippen LogP contribution is -2.13. The number of nitrogens with two attached hydrogens (primary N) is 1. The normalized spacial score (nSPS) is 12.1. The van der Waals surface area contributed by atoms with Crippen LogP contribution in [0, 0.1) is 5.82 Å². The Balaban J connectivity index is 2.46. The van der Waals surface area contributed by atoms with Gasteiger partial charge in [-0.25, -0.2) is 4.39 Å². The molecule has 1 atom stereocenters. The molecular formula is C15H15BrFNO2. The molecule has 0 bridgehead atoms. The molecule has 2 rings (SSSR count). The maximum Gasteiger partial charge on any atom is 0.123 e. The Morgan fingerprint density at radius 3 is 2.20 bits per heavy atom. The number of ether oxygens (including phenoxy) is 2. The van der Waals surface area contributed by atoms with Crippen molar-refractivity contribution in [2.24, 2.45) is 5.73 Å². The Bertz CT molecular complexity index is 597. The van der Waals surface area contributed by atoms with Crippen molar-refractivity contribution in [3.8, 4) is 11.5 Å². The summed E-state index contributed by atoms with van der Waals surface area (Å²) in [5.41, 5.74) is 7.68. The van der Waals surface area contributed by atoms with Crippen LogP contribution in [0.2, 0.25) is 0 Å². The van der Waals surface area contributed by atoms with Crippen LogP contribution < -0.4 is 15.2 Å². The van der Waals surface area contributed by atoms with E-state index in [1.807, 2.05) is 12.1 Å². The van der Waals surface area contributed by atoms with Gasteiger partial charge < -0.3 is 15.2 Å². The largest absolute Gasteiger partial charge is 0.497 e. The topological polar surface area (TPSA) is 44.5 Å². The lowest BCUT2D eigenvalue weighted by Gasteiger charge is -2.16. The van der Waals surface area contributed by atoms with Gasteiger partial charge in [0.1, 0.15) is 17.3 Å². The molecule has 0 saturated heterocycles. The third-order valence-corrected chi connectivity index (χ3v) is 3.75. The fourth-order valence-electron chi connectivity index (χ4n) is 1.94. The molecular weight excluding hydrogens is 325 g/mol. The van der Waals surface area contributed by atoms with Gasteiger partial charge in [0.25, 0.3) is 0 Å². The molecule has 0 aliphatic heterocycles. The second kappa shape index (κ2) is 6.24.